The van der Waals surface area contributed by atoms with Gasteiger partial charge in [-0.2, -0.15) is 0 Å². The maximum absolute atomic E-state index is 5.07. The summed E-state index contributed by atoms with van der Waals surface area (Å²) in [5.41, 5.74) is 0.798. The van der Waals surface area contributed by atoms with Crippen LogP contribution in [0.5, 0.6) is 0 Å². The fourth-order valence-electron chi connectivity index (χ4n) is 0.750. The van der Waals surface area contributed by atoms with Gasteiger partial charge in [0.2, 0.25) is 0 Å². The van der Waals surface area contributed by atoms with Gasteiger partial charge in [-0.3, -0.25) is 0 Å². The topological polar surface area (TPSA) is 31.4 Å². The van der Waals surface area contributed by atoms with Crippen LogP contribution in [-0.2, 0) is 9.47 Å². The Morgan fingerprint density at radius 1 is 1.45 bits per heavy atom. The van der Waals surface area contributed by atoms with Gasteiger partial charge in [-0.25, -0.2) is 4.98 Å². The fraction of sp³-hybridized carbons (Fsp3) is 0.167. The molecule has 0 radical (unpaired) electrons. The number of hydrogen-bond acceptors (Lipinski definition) is 4. The molecule has 0 fully saturated rings. The van der Waals surface area contributed by atoms with Crippen LogP contribution >= 0.6 is 27.3 Å². The Labute approximate surface area is 75.8 Å². The van der Waals surface area contributed by atoms with Crippen LogP contribution in [0.4, 0.5) is 0 Å². The molecule has 0 aliphatic carbocycles. The Morgan fingerprint density at radius 3 is 2.73 bits per heavy atom. The lowest BCUT2D eigenvalue weighted by Crippen LogP contribution is -1.97. The molecular formula is C6H4BrNO2S. The second-order valence-corrected chi connectivity index (χ2v) is 4.04. The van der Waals surface area contributed by atoms with Gasteiger partial charge in [0, 0.05) is 5.38 Å². The van der Waals surface area contributed by atoms with E-state index < -0.39 is 0 Å². The number of ether oxygens (including phenoxy) is 2. The van der Waals surface area contributed by atoms with Crippen molar-refractivity contribution in [1.82, 2.24) is 4.98 Å². The van der Waals surface area contributed by atoms with Crippen molar-refractivity contribution in [2.75, 3.05) is 0 Å². The van der Waals surface area contributed by atoms with Crippen molar-refractivity contribution in [3.8, 4) is 0 Å². The van der Waals surface area contributed by atoms with Crippen LogP contribution in [0.15, 0.2) is 21.8 Å². The van der Waals surface area contributed by atoms with E-state index in [1.54, 1.807) is 0 Å². The SMILES string of the molecule is Brc1nc(C2OC=CO2)cs1. The normalized spacial score (nSPS) is 16.5. The highest BCUT2D eigenvalue weighted by Crippen LogP contribution is 2.26. The average Bonchev–Trinajstić information content (AvgIpc) is 2.55. The summed E-state index contributed by atoms with van der Waals surface area (Å²) in [5, 5.41) is 1.89. The molecule has 0 saturated carbocycles. The molecule has 0 amide bonds. The third-order valence-corrected chi connectivity index (χ3v) is 2.58. The van der Waals surface area contributed by atoms with Crippen LogP contribution in [0.1, 0.15) is 12.0 Å². The minimum Gasteiger partial charge on any atom is -0.454 e. The van der Waals surface area contributed by atoms with Crippen molar-refractivity contribution in [2.24, 2.45) is 0 Å². The lowest BCUT2D eigenvalue weighted by Gasteiger charge is -2.05. The molecule has 1 aliphatic rings. The molecule has 0 N–H and O–H groups in total. The van der Waals surface area contributed by atoms with E-state index in [1.165, 1.54) is 23.9 Å². The lowest BCUT2D eigenvalue weighted by atomic mass is 10.5. The van der Waals surface area contributed by atoms with E-state index in [0.717, 1.165) is 9.61 Å². The van der Waals surface area contributed by atoms with Crippen molar-refractivity contribution in [1.29, 1.82) is 0 Å². The van der Waals surface area contributed by atoms with Crippen molar-refractivity contribution >= 4 is 27.3 Å². The molecule has 2 heterocycles. The van der Waals surface area contributed by atoms with Crippen LogP contribution < -0.4 is 0 Å². The fourth-order valence-corrected chi connectivity index (χ4v) is 1.77. The highest BCUT2D eigenvalue weighted by molar-refractivity contribution is 9.11. The molecule has 3 nitrogen and oxygen atoms in total. The second kappa shape index (κ2) is 2.83. The third kappa shape index (κ3) is 1.39. The first-order chi connectivity index (χ1) is 5.36. The van der Waals surface area contributed by atoms with Crippen LogP contribution in [-0.4, -0.2) is 4.98 Å². The van der Waals surface area contributed by atoms with Gasteiger partial charge < -0.3 is 9.47 Å². The molecule has 0 saturated heterocycles. The smallest absolute Gasteiger partial charge is 0.284 e. The van der Waals surface area contributed by atoms with Crippen molar-refractivity contribution < 1.29 is 9.47 Å². The van der Waals surface area contributed by atoms with Crippen molar-refractivity contribution in [3.05, 3.63) is 27.5 Å². The Kier molecular flexibility index (Phi) is 1.83. The van der Waals surface area contributed by atoms with Gasteiger partial charge in [0.05, 0.1) is 0 Å². The first-order valence-corrected chi connectivity index (χ1v) is 4.60. The Bertz CT molecular complexity index is 278. The molecule has 1 aliphatic heterocycles. The summed E-state index contributed by atoms with van der Waals surface area (Å²) in [6.45, 7) is 0. The van der Waals surface area contributed by atoms with Gasteiger partial charge in [0.25, 0.3) is 6.29 Å². The second-order valence-electron chi connectivity index (χ2n) is 1.90. The van der Waals surface area contributed by atoms with Crippen LogP contribution in [0.25, 0.3) is 0 Å². The standard InChI is InChI=1S/C6H4BrNO2S/c7-6-8-4(3-11-6)5-9-1-2-10-5/h1-3,5H. The largest absolute Gasteiger partial charge is 0.454 e. The van der Waals surface area contributed by atoms with Crippen LogP contribution in [0, 0.1) is 0 Å². The average molecular weight is 234 g/mol. The van der Waals surface area contributed by atoms with Gasteiger partial charge in [-0.1, -0.05) is 0 Å². The zero-order valence-corrected chi connectivity index (χ0v) is 7.76. The molecule has 11 heavy (non-hydrogen) atoms. The van der Waals surface area contributed by atoms with E-state index in [9.17, 15) is 0 Å². The minimum absolute atomic E-state index is 0.349. The molecule has 1 aromatic heterocycles. The molecule has 0 atom stereocenters. The molecular weight excluding hydrogens is 230 g/mol. The number of aromatic nitrogens is 1. The highest BCUT2D eigenvalue weighted by Gasteiger charge is 2.17. The number of halogens is 1. The van der Waals surface area contributed by atoms with Gasteiger partial charge >= 0.3 is 0 Å². The van der Waals surface area contributed by atoms with Crippen molar-refractivity contribution in [2.45, 2.75) is 6.29 Å². The van der Waals surface area contributed by atoms with Gasteiger partial charge in [-0.05, 0) is 15.9 Å². The summed E-state index contributed by atoms with van der Waals surface area (Å²) in [5.74, 6) is 0. The van der Waals surface area contributed by atoms with Gasteiger partial charge in [0.15, 0.2) is 3.92 Å². The van der Waals surface area contributed by atoms with E-state index in [4.69, 9.17) is 9.47 Å². The molecule has 0 aromatic carbocycles. The number of rotatable bonds is 1. The Morgan fingerprint density at radius 2 is 2.18 bits per heavy atom. The zero-order chi connectivity index (χ0) is 7.68. The number of hydrogen-bond donors (Lipinski definition) is 0. The third-order valence-electron chi connectivity index (χ3n) is 1.20. The molecule has 0 unspecified atom stereocenters. The van der Waals surface area contributed by atoms with Crippen LogP contribution in [0.2, 0.25) is 0 Å². The van der Waals surface area contributed by atoms with E-state index >= 15 is 0 Å². The van der Waals surface area contributed by atoms with E-state index in [-0.39, 0.29) is 6.29 Å². The Balaban J connectivity index is 2.17. The van der Waals surface area contributed by atoms with Crippen LogP contribution in [0.3, 0.4) is 0 Å². The first kappa shape index (κ1) is 7.12. The summed E-state index contributed by atoms with van der Waals surface area (Å²) in [6.07, 6.45) is 2.67. The summed E-state index contributed by atoms with van der Waals surface area (Å²) in [6, 6.07) is 0. The van der Waals surface area contributed by atoms with Gasteiger partial charge in [-0.15, -0.1) is 11.3 Å². The monoisotopic (exact) mass is 233 g/mol. The summed E-state index contributed by atoms with van der Waals surface area (Å²) in [7, 11) is 0. The molecule has 2 rings (SSSR count). The molecule has 5 heteroatoms. The van der Waals surface area contributed by atoms with Crippen molar-refractivity contribution in [3.63, 3.8) is 0 Å². The molecule has 0 bridgehead atoms. The van der Waals surface area contributed by atoms with E-state index in [2.05, 4.69) is 20.9 Å². The lowest BCUT2D eigenvalue weighted by molar-refractivity contribution is -0.0275. The molecule has 58 valence electrons. The van der Waals surface area contributed by atoms with E-state index in [1.807, 2.05) is 5.38 Å². The summed E-state index contributed by atoms with van der Waals surface area (Å²) < 4.78 is 11.0. The zero-order valence-electron chi connectivity index (χ0n) is 5.36. The maximum atomic E-state index is 5.07. The predicted octanol–water partition coefficient (Wildman–Crippen LogP) is 2.42. The van der Waals surface area contributed by atoms with E-state index in [0.29, 0.717) is 0 Å². The van der Waals surface area contributed by atoms with Gasteiger partial charge in [0.1, 0.15) is 18.2 Å². The molecule has 0 spiro atoms. The molecule has 1 aromatic rings. The maximum Gasteiger partial charge on any atom is 0.284 e. The first-order valence-electron chi connectivity index (χ1n) is 2.93. The Hall–Kier alpha value is -0.550. The summed E-state index contributed by atoms with van der Waals surface area (Å²) in [4.78, 5) is 4.14. The highest BCUT2D eigenvalue weighted by atomic mass is 79.9. The summed E-state index contributed by atoms with van der Waals surface area (Å²) >= 11 is 4.76. The number of nitrogens with zero attached hydrogens (tertiary/aromatic N) is 1. The predicted molar refractivity (Wildman–Crippen MR) is 43.9 cm³/mol. The minimum atomic E-state index is -0.349. The number of thiazole rings is 1. The quantitative estimate of drug-likeness (QED) is 0.747.